The van der Waals surface area contributed by atoms with Crippen LogP contribution in [0, 0.1) is 0 Å². The van der Waals surface area contributed by atoms with Crippen LogP contribution in [0.2, 0.25) is 4.34 Å². The molecule has 1 aliphatic rings. The molecule has 1 amide bonds. The summed E-state index contributed by atoms with van der Waals surface area (Å²) in [5.41, 5.74) is 2.40. The number of benzene rings is 2. The minimum Gasteiger partial charge on any atom is -0.496 e. The SMILES string of the molecule is COc1cccc2c1c(NS(=O)(=O)c1ccc(Cl)s1)nn2Cc1cccc(CN(Cl)C(=O)[C@@H]2COCCN2)c1. The van der Waals surface area contributed by atoms with E-state index in [-0.39, 0.29) is 29.1 Å². The molecule has 39 heavy (non-hydrogen) atoms. The fourth-order valence-electron chi connectivity index (χ4n) is 4.31. The van der Waals surface area contributed by atoms with Gasteiger partial charge >= 0.3 is 0 Å². The van der Waals surface area contributed by atoms with E-state index >= 15 is 0 Å². The van der Waals surface area contributed by atoms with Crippen molar-refractivity contribution < 1.29 is 22.7 Å². The number of methoxy groups -OCH3 is 1. The first-order valence-corrected chi connectivity index (χ1v) is 14.9. The third-order valence-corrected chi connectivity index (χ3v) is 9.46. The fourth-order valence-corrected chi connectivity index (χ4v) is 7.06. The summed E-state index contributed by atoms with van der Waals surface area (Å²) in [5.74, 6) is 0.366. The Morgan fingerprint density at radius 3 is 2.77 bits per heavy atom. The third kappa shape index (κ3) is 6.16. The van der Waals surface area contributed by atoms with Crippen LogP contribution < -0.4 is 14.8 Å². The van der Waals surface area contributed by atoms with E-state index in [2.05, 4.69) is 15.1 Å². The van der Waals surface area contributed by atoms with Crippen LogP contribution in [-0.2, 0) is 32.6 Å². The molecule has 0 bridgehead atoms. The first kappa shape index (κ1) is 27.7. The van der Waals surface area contributed by atoms with Crippen molar-refractivity contribution in [3.05, 3.63) is 70.1 Å². The third-order valence-electron chi connectivity index (χ3n) is 6.11. The van der Waals surface area contributed by atoms with Crippen molar-refractivity contribution in [3.8, 4) is 5.75 Å². The molecule has 0 unspecified atom stereocenters. The molecule has 0 aliphatic carbocycles. The topological polar surface area (TPSA) is 115 Å². The van der Waals surface area contributed by atoms with E-state index in [4.69, 9.17) is 32.9 Å². The number of hydrogen-bond donors (Lipinski definition) is 2. The van der Waals surface area contributed by atoms with Gasteiger partial charge in [0.05, 0.1) is 48.7 Å². The molecule has 2 aromatic carbocycles. The molecule has 1 fully saturated rings. The minimum atomic E-state index is -3.92. The van der Waals surface area contributed by atoms with Crippen LogP contribution in [0.4, 0.5) is 5.82 Å². The summed E-state index contributed by atoms with van der Waals surface area (Å²) < 4.78 is 42.8. The molecule has 5 rings (SSSR count). The zero-order valence-corrected chi connectivity index (χ0v) is 23.9. The number of halogens is 2. The van der Waals surface area contributed by atoms with E-state index in [0.29, 0.717) is 40.7 Å². The Balaban J connectivity index is 1.40. The first-order chi connectivity index (χ1) is 18.7. The highest BCUT2D eigenvalue weighted by molar-refractivity contribution is 7.94. The van der Waals surface area contributed by atoms with Crippen LogP contribution in [-0.4, -0.2) is 61.4 Å². The molecule has 14 heteroatoms. The lowest BCUT2D eigenvalue weighted by molar-refractivity contribution is -0.132. The van der Waals surface area contributed by atoms with Crippen molar-refractivity contribution >= 4 is 67.4 Å². The molecule has 0 radical (unpaired) electrons. The van der Waals surface area contributed by atoms with Crippen LogP contribution in [0.5, 0.6) is 5.75 Å². The second-order valence-corrected chi connectivity index (χ2v) is 12.8. The van der Waals surface area contributed by atoms with E-state index in [1.165, 1.54) is 19.2 Å². The number of carbonyl (C=O) groups is 1. The van der Waals surface area contributed by atoms with Gasteiger partial charge in [-0.05, 0) is 35.4 Å². The zero-order valence-electron chi connectivity index (χ0n) is 20.8. The summed E-state index contributed by atoms with van der Waals surface area (Å²) in [6.07, 6.45) is 0. The number of carbonyl (C=O) groups excluding carboxylic acids is 1. The largest absolute Gasteiger partial charge is 0.496 e. The van der Waals surface area contributed by atoms with Gasteiger partial charge in [-0.1, -0.05) is 41.9 Å². The number of sulfonamides is 1. The molecule has 2 aromatic heterocycles. The summed E-state index contributed by atoms with van der Waals surface area (Å²) in [4.78, 5) is 12.7. The van der Waals surface area contributed by atoms with Crippen LogP contribution in [0.1, 0.15) is 11.1 Å². The summed E-state index contributed by atoms with van der Waals surface area (Å²) in [6, 6.07) is 15.5. The summed E-state index contributed by atoms with van der Waals surface area (Å²) in [6.45, 7) is 1.97. The van der Waals surface area contributed by atoms with Crippen LogP contribution in [0.3, 0.4) is 0 Å². The highest BCUT2D eigenvalue weighted by atomic mass is 35.5. The van der Waals surface area contributed by atoms with Gasteiger partial charge in [0.1, 0.15) is 16.0 Å². The first-order valence-electron chi connectivity index (χ1n) is 11.9. The molecule has 1 atom stereocenters. The molecule has 4 aromatic rings. The number of morpholine rings is 1. The number of rotatable bonds is 9. The highest BCUT2D eigenvalue weighted by Crippen LogP contribution is 2.35. The lowest BCUT2D eigenvalue weighted by atomic mass is 10.1. The molecule has 0 saturated carbocycles. The normalized spacial score (nSPS) is 15.8. The molecule has 0 spiro atoms. The van der Waals surface area contributed by atoms with E-state index in [0.717, 1.165) is 26.9 Å². The number of aromatic nitrogens is 2. The van der Waals surface area contributed by atoms with Gasteiger partial charge in [-0.15, -0.1) is 11.3 Å². The Morgan fingerprint density at radius 2 is 2.05 bits per heavy atom. The zero-order chi connectivity index (χ0) is 27.6. The highest BCUT2D eigenvalue weighted by Gasteiger charge is 2.26. The van der Waals surface area contributed by atoms with Crippen molar-refractivity contribution in [1.29, 1.82) is 0 Å². The molecule has 10 nitrogen and oxygen atoms in total. The maximum absolute atomic E-state index is 13.0. The van der Waals surface area contributed by atoms with Crippen molar-refractivity contribution in [2.24, 2.45) is 0 Å². The van der Waals surface area contributed by atoms with Gasteiger partial charge < -0.3 is 14.8 Å². The Morgan fingerprint density at radius 1 is 1.26 bits per heavy atom. The average Bonchev–Trinajstić information content (AvgIpc) is 3.53. The Hall–Kier alpha value is -2.87. The van der Waals surface area contributed by atoms with E-state index in [1.807, 2.05) is 36.4 Å². The molecular weight excluding hydrogens is 585 g/mol. The number of fused-ring (bicyclic) bond motifs is 1. The number of nitrogens with one attached hydrogen (secondary N) is 2. The Bertz CT molecular complexity index is 1600. The quantitative estimate of drug-likeness (QED) is 0.275. The molecule has 206 valence electrons. The van der Waals surface area contributed by atoms with Crippen molar-refractivity contribution in [2.45, 2.75) is 23.3 Å². The van der Waals surface area contributed by atoms with Crippen LogP contribution in [0.15, 0.2) is 58.8 Å². The molecule has 1 saturated heterocycles. The fraction of sp³-hybridized carbons (Fsp3) is 0.280. The van der Waals surface area contributed by atoms with Crippen molar-refractivity contribution in [2.75, 3.05) is 31.6 Å². The van der Waals surface area contributed by atoms with Crippen LogP contribution in [0.25, 0.3) is 10.9 Å². The standard InChI is InChI=1S/C25H25Cl2N5O5S2/c1-36-20-7-3-6-19-23(20)24(30-39(34,35)22-9-8-21(26)38-22)29-32(19)14-17-5-2-4-16(12-17)13-31(27)25(33)18-15-37-11-10-28-18/h2-9,12,18,28H,10-11,13-15H2,1H3,(H,29,30)/t18-/m0/s1. The lowest BCUT2D eigenvalue weighted by Gasteiger charge is -2.26. The van der Waals surface area contributed by atoms with Gasteiger partial charge in [-0.2, -0.15) is 5.10 Å². The molecular formula is C25H25Cl2N5O5S2. The Kier molecular flexibility index (Phi) is 8.31. The maximum atomic E-state index is 13.0. The number of nitrogens with zero attached hydrogens (tertiary/aromatic N) is 3. The summed E-state index contributed by atoms with van der Waals surface area (Å²) in [7, 11) is -2.40. The average molecular weight is 611 g/mol. The number of amides is 1. The number of hydrogen-bond acceptors (Lipinski definition) is 8. The molecule has 3 heterocycles. The minimum absolute atomic E-state index is 0.0768. The van der Waals surface area contributed by atoms with Crippen molar-refractivity contribution in [1.82, 2.24) is 19.5 Å². The summed E-state index contributed by atoms with van der Waals surface area (Å²) >= 11 is 13.2. The van der Waals surface area contributed by atoms with Gasteiger partial charge in [0.15, 0.2) is 5.82 Å². The predicted octanol–water partition coefficient (Wildman–Crippen LogP) is 4.08. The smallest absolute Gasteiger partial charge is 0.272 e. The lowest BCUT2D eigenvalue weighted by Crippen LogP contribution is -2.50. The number of anilines is 1. The van der Waals surface area contributed by atoms with Crippen LogP contribution >= 0.6 is 34.7 Å². The van der Waals surface area contributed by atoms with Gasteiger partial charge in [0.2, 0.25) is 0 Å². The van der Waals surface area contributed by atoms with E-state index < -0.39 is 16.1 Å². The van der Waals surface area contributed by atoms with Gasteiger partial charge in [-0.25, -0.2) is 12.8 Å². The number of thiophene rings is 1. The molecule has 2 N–H and O–H groups in total. The Labute approximate surface area is 239 Å². The van der Waals surface area contributed by atoms with Gasteiger partial charge in [-0.3, -0.25) is 14.2 Å². The maximum Gasteiger partial charge on any atom is 0.272 e. The predicted molar refractivity (Wildman–Crippen MR) is 151 cm³/mol. The second-order valence-electron chi connectivity index (χ2n) is 8.78. The summed E-state index contributed by atoms with van der Waals surface area (Å²) in [5, 5.41) is 8.23. The monoisotopic (exact) mass is 609 g/mol. The second kappa shape index (κ2) is 11.7. The van der Waals surface area contributed by atoms with Gasteiger partial charge in [0.25, 0.3) is 15.9 Å². The van der Waals surface area contributed by atoms with Gasteiger partial charge in [0, 0.05) is 18.3 Å². The van der Waals surface area contributed by atoms with E-state index in [1.54, 1.807) is 10.7 Å². The number of ether oxygens (including phenoxy) is 2. The van der Waals surface area contributed by atoms with E-state index in [9.17, 15) is 13.2 Å². The molecule has 1 aliphatic heterocycles. The van der Waals surface area contributed by atoms with Crippen molar-refractivity contribution in [3.63, 3.8) is 0 Å².